The number of carbonyl (C=O) groups is 1. The summed E-state index contributed by atoms with van der Waals surface area (Å²) in [6.45, 7) is 12.5. The van der Waals surface area contributed by atoms with E-state index < -0.39 is 0 Å². The number of amides is 1. The molecule has 3 nitrogen and oxygen atoms in total. The molecule has 1 fully saturated rings. The van der Waals surface area contributed by atoms with Crippen molar-refractivity contribution in [2.75, 3.05) is 26.7 Å². The van der Waals surface area contributed by atoms with Crippen molar-refractivity contribution < 1.29 is 4.79 Å². The molecule has 1 atom stereocenters. The predicted molar refractivity (Wildman–Crippen MR) is 85.7 cm³/mol. The van der Waals surface area contributed by atoms with E-state index in [4.69, 9.17) is 0 Å². The molecule has 1 amide bonds. The van der Waals surface area contributed by atoms with Crippen LogP contribution in [0, 0.1) is 5.92 Å². The van der Waals surface area contributed by atoms with Gasteiger partial charge in [0, 0.05) is 19.6 Å². The van der Waals surface area contributed by atoms with Gasteiger partial charge < -0.3 is 4.90 Å². The van der Waals surface area contributed by atoms with Crippen molar-refractivity contribution in [2.24, 2.45) is 5.92 Å². The summed E-state index contributed by atoms with van der Waals surface area (Å²) in [6.07, 6.45) is 6.76. The Morgan fingerprint density at radius 2 is 1.90 bits per heavy atom. The van der Waals surface area contributed by atoms with Crippen molar-refractivity contribution in [1.29, 1.82) is 0 Å². The van der Waals surface area contributed by atoms with Gasteiger partial charge in [-0.05, 0) is 46.6 Å². The Balaban J connectivity index is 2.50. The van der Waals surface area contributed by atoms with Gasteiger partial charge in [0.2, 0.25) is 5.91 Å². The molecule has 0 aromatic heterocycles. The summed E-state index contributed by atoms with van der Waals surface area (Å²) in [6, 6.07) is -0.0313. The van der Waals surface area contributed by atoms with Crippen molar-refractivity contribution in [3.63, 3.8) is 0 Å². The molecule has 0 aromatic carbocycles. The van der Waals surface area contributed by atoms with Gasteiger partial charge in [-0.15, -0.1) is 0 Å². The zero-order valence-corrected chi connectivity index (χ0v) is 13.8. The van der Waals surface area contributed by atoms with Crippen LogP contribution in [0.15, 0.2) is 12.2 Å². The Morgan fingerprint density at radius 3 is 2.40 bits per heavy atom. The molecule has 0 N–H and O–H groups in total. The third kappa shape index (κ3) is 5.28. The first-order valence-corrected chi connectivity index (χ1v) is 8.09. The molecule has 0 radical (unpaired) electrons. The third-order valence-corrected chi connectivity index (χ3v) is 4.44. The van der Waals surface area contributed by atoms with Crippen molar-refractivity contribution >= 4 is 5.91 Å². The molecule has 1 aliphatic rings. The second kappa shape index (κ2) is 8.46. The van der Waals surface area contributed by atoms with Crippen molar-refractivity contribution in [3.8, 4) is 0 Å². The number of carbonyl (C=O) groups excluding carboxylic acids is 1. The van der Waals surface area contributed by atoms with Crippen LogP contribution in [-0.4, -0.2) is 48.4 Å². The van der Waals surface area contributed by atoms with Crippen molar-refractivity contribution in [1.82, 2.24) is 9.80 Å². The molecule has 0 heterocycles. The standard InChI is InChI=1S/C17H32N2O/c1-6-19(12-14(2)3)17(20)15(4)18(5)13-16-10-8-7-9-11-16/h15-16H,2,6-13H2,1,3-5H3. The minimum absolute atomic E-state index is 0.0313. The van der Waals surface area contributed by atoms with Gasteiger partial charge in [-0.2, -0.15) is 0 Å². The van der Waals surface area contributed by atoms with Crippen LogP contribution in [-0.2, 0) is 4.79 Å². The topological polar surface area (TPSA) is 23.6 Å². The van der Waals surface area contributed by atoms with E-state index in [1.807, 2.05) is 25.7 Å². The van der Waals surface area contributed by atoms with Crippen LogP contribution < -0.4 is 0 Å². The first kappa shape index (κ1) is 17.2. The Hall–Kier alpha value is -0.830. The lowest BCUT2D eigenvalue weighted by Crippen LogP contribution is -2.47. The van der Waals surface area contributed by atoms with E-state index >= 15 is 0 Å². The molecule has 0 aromatic rings. The quantitative estimate of drug-likeness (QED) is 0.668. The summed E-state index contributed by atoms with van der Waals surface area (Å²) in [4.78, 5) is 16.7. The average Bonchev–Trinajstić information content (AvgIpc) is 2.44. The zero-order valence-electron chi connectivity index (χ0n) is 13.8. The molecule has 20 heavy (non-hydrogen) atoms. The van der Waals surface area contributed by atoms with Gasteiger partial charge >= 0.3 is 0 Å². The lowest BCUT2D eigenvalue weighted by molar-refractivity contribution is -0.135. The molecule has 1 saturated carbocycles. The fourth-order valence-electron chi connectivity index (χ4n) is 3.06. The fourth-order valence-corrected chi connectivity index (χ4v) is 3.06. The van der Waals surface area contributed by atoms with Gasteiger partial charge in [-0.3, -0.25) is 9.69 Å². The van der Waals surface area contributed by atoms with Crippen LogP contribution in [0.3, 0.4) is 0 Å². The Labute approximate surface area is 125 Å². The van der Waals surface area contributed by atoms with Crippen molar-refractivity contribution in [3.05, 3.63) is 12.2 Å². The maximum atomic E-state index is 12.5. The molecule has 1 rings (SSSR count). The molecule has 0 saturated heterocycles. The summed E-state index contributed by atoms with van der Waals surface area (Å²) in [7, 11) is 2.09. The normalized spacial score (nSPS) is 18.1. The molecule has 0 spiro atoms. The van der Waals surface area contributed by atoms with Crippen LogP contribution in [0.25, 0.3) is 0 Å². The molecule has 1 aliphatic carbocycles. The van der Waals surface area contributed by atoms with Gasteiger partial charge in [0.1, 0.15) is 0 Å². The second-order valence-electron chi connectivity index (χ2n) is 6.43. The summed E-state index contributed by atoms with van der Waals surface area (Å²) in [5.74, 6) is 1.01. The largest absolute Gasteiger partial charge is 0.338 e. The number of likely N-dealkylation sites (N-methyl/N-ethyl adjacent to an activating group) is 2. The first-order chi connectivity index (χ1) is 9.45. The highest BCUT2D eigenvalue weighted by Crippen LogP contribution is 2.24. The lowest BCUT2D eigenvalue weighted by Gasteiger charge is -2.33. The van der Waals surface area contributed by atoms with E-state index in [0.717, 1.165) is 24.6 Å². The van der Waals surface area contributed by atoms with E-state index in [2.05, 4.69) is 18.5 Å². The number of nitrogens with zero attached hydrogens (tertiary/aromatic N) is 2. The smallest absolute Gasteiger partial charge is 0.239 e. The maximum Gasteiger partial charge on any atom is 0.239 e. The zero-order chi connectivity index (χ0) is 15.1. The van der Waals surface area contributed by atoms with Gasteiger partial charge in [-0.25, -0.2) is 0 Å². The lowest BCUT2D eigenvalue weighted by atomic mass is 9.89. The van der Waals surface area contributed by atoms with Crippen LogP contribution in [0.5, 0.6) is 0 Å². The van der Waals surface area contributed by atoms with Crippen molar-refractivity contribution in [2.45, 2.75) is 58.9 Å². The van der Waals surface area contributed by atoms with Crippen LogP contribution in [0.2, 0.25) is 0 Å². The van der Waals surface area contributed by atoms with Gasteiger partial charge in [-0.1, -0.05) is 31.4 Å². The Bertz CT molecular complexity index is 321. The van der Waals surface area contributed by atoms with Crippen LogP contribution in [0.4, 0.5) is 0 Å². The van der Waals surface area contributed by atoms with Gasteiger partial charge in [0.25, 0.3) is 0 Å². The van der Waals surface area contributed by atoms with E-state index in [1.54, 1.807) is 0 Å². The minimum Gasteiger partial charge on any atom is -0.338 e. The number of rotatable bonds is 7. The van der Waals surface area contributed by atoms with E-state index in [1.165, 1.54) is 32.1 Å². The third-order valence-electron chi connectivity index (χ3n) is 4.44. The average molecular weight is 280 g/mol. The van der Waals surface area contributed by atoms with E-state index in [0.29, 0.717) is 6.54 Å². The predicted octanol–water partition coefficient (Wildman–Crippen LogP) is 3.31. The monoisotopic (exact) mass is 280 g/mol. The Kier molecular flexibility index (Phi) is 7.28. The Morgan fingerprint density at radius 1 is 1.30 bits per heavy atom. The maximum absolute atomic E-state index is 12.5. The van der Waals surface area contributed by atoms with Gasteiger partial charge in [0.15, 0.2) is 0 Å². The molecule has 0 bridgehead atoms. The SMILES string of the molecule is C=C(C)CN(CC)C(=O)C(C)N(C)CC1CCCCC1. The van der Waals surface area contributed by atoms with E-state index in [-0.39, 0.29) is 11.9 Å². The molecular weight excluding hydrogens is 248 g/mol. The fraction of sp³-hybridized carbons (Fsp3) is 0.824. The molecule has 0 aliphatic heterocycles. The second-order valence-corrected chi connectivity index (χ2v) is 6.43. The van der Waals surface area contributed by atoms with Crippen LogP contribution in [0.1, 0.15) is 52.9 Å². The summed E-state index contributed by atoms with van der Waals surface area (Å²) in [5, 5.41) is 0. The number of hydrogen-bond donors (Lipinski definition) is 0. The molecule has 116 valence electrons. The molecular formula is C17H32N2O. The molecule has 3 heteroatoms. The highest BCUT2D eigenvalue weighted by Gasteiger charge is 2.25. The van der Waals surface area contributed by atoms with Gasteiger partial charge in [0.05, 0.1) is 6.04 Å². The van der Waals surface area contributed by atoms with E-state index in [9.17, 15) is 4.79 Å². The summed E-state index contributed by atoms with van der Waals surface area (Å²) in [5.41, 5.74) is 1.04. The highest BCUT2D eigenvalue weighted by atomic mass is 16.2. The van der Waals surface area contributed by atoms with Crippen LogP contribution >= 0.6 is 0 Å². The highest BCUT2D eigenvalue weighted by molar-refractivity contribution is 5.81. The molecule has 1 unspecified atom stereocenters. The minimum atomic E-state index is -0.0313. The summed E-state index contributed by atoms with van der Waals surface area (Å²) >= 11 is 0. The number of hydrogen-bond acceptors (Lipinski definition) is 2. The first-order valence-electron chi connectivity index (χ1n) is 8.09. The summed E-state index contributed by atoms with van der Waals surface area (Å²) < 4.78 is 0.